The molecule has 0 radical (unpaired) electrons. The number of nitrogens with two attached hydrogens (primary N) is 1. The number of aromatic hydroxyl groups is 1. The maximum absolute atomic E-state index is 12.7. The Morgan fingerprint density at radius 3 is 2.06 bits per heavy atom. The molecule has 0 aliphatic carbocycles. The zero-order valence-electron chi connectivity index (χ0n) is 18.7. The first kappa shape index (κ1) is 26.3. The third-order valence-corrected chi connectivity index (χ3v) is 4.86. The van der Waals surface area contributed by atoms with E-state index >= 15 is 0 Å². The second-order valence-corrected chi connectivity index (χ2v) is 7.74. The third kappa shape index (κ3) is 8.88. The van der Waals surface area contributed by atoms with Crippen molar-refractivity contribution < 1.29 is 29.5 Å². The largest absolute Gasteiger partial charge is 0.508 e. The van der Waals surface area contributed by atoms with Crippen LogP contribution >= 0.6 is 0 Å². The van der Waals surface area contributed by atoms with Gasteiger partial charge in [-0.15, -0.1) is 0 Å². The van der Waals surface area contributed by atoms with Crippen molar-refractivity contribution in [3.05, 3.63) is 65.7 Å². The van der Waals surface area contributed by atoms with Gasteiger partial charge in [0.2, 0.25) is 17.7 Å². The molecule has 8 N–H and O–H groups in total. The van der Waals surface area contributed by atoms with Gasteiger partial charge in [0, 0.05) is 6.42 Å². The van der Waals surface area contributed by atoms with Gasteiger partial charge in [0.25, 0.3) is 5.91 Å². The van der Waals surface area contributed by atoms with E-state index in [1.807, 2.05) is 6.07 Å². The molecule has 2 aromatic carbocycles. The second-order valence-electron chi connectivity index (χ2n) is 7.74. The summed E-state index contributed by atoms with van der Waals surface area (Å²) in [6.45, 7) is 1.47. The SMILES string of the molecule is C[C@@H](NC(=O)[C@@H](N)Cc1ccc(O)cc1)C(=O)N[C@@H](Cc1ccccc1)NC(=O)CC(=O)NO. The van der Waals surface area contributed by atoms with Crippen LogP contribution in [-0.2, 0) is 32.0 Å². The van der Waals surface area contributed by atoms with Crippen molar-refractivity contribution in [2.75, 3.05) is 0 Å². The van der Waals surface area contributed by atoms with Crippen molar-refractivity contribution in [2.24, 2.45) is 5.73 Å². The maximum Gasteiger partial charge on any atom is 0.252 e. The predicted molar refractivity (Wildman–Crippen MR) is 122 cm³/mol. The van der Waals surface area contributed by atoms with E-state index in [4.69, 9.17) is 10.9 Å². The fourth-order valence-electron chi connectivity index (χ4n) is 3.08. The summed E-state index contributed by atoms with van der Waals surface area (Å²) in [7, 11) is 0. The fraction of sp³-hybridized carbons (Fsp3) is 0.304. The number of nitrogens with one attached hydrogen (secondary N) is 4. The molecule has 4 amide bonds. The van der Waals surface area contributed by atoms with Crippen molar-refractivity contribution in [1.82, 2.24) is 21.4 Å². The molecule has 0 saturated carbocycles. The smallest absolute Gasteiger partial charge is 0.252 e. The number of hydrogen-bond acceptors (Lipinski definition) is 7. The summed E-state index contributed by atoms with van der Waals surface area (Å²) in [5.74, 6) is -2.62. The van der Waals surface area contributed by atoms with Gasteiger partial charge in [-0.3, -0.25) is 24.4 Å². The molecule has 11 nitrogen and oxygen atoms in total. The van der Waals surface area contributed by atoms with Crippen LogP contribution in [0.2, 0.25) is 0 Å². The topological polar surface area (TPSA) is 183 Å². The van der Waals surface area contributed by atoms with Gasteiger partial charge in [-0.25, -0.2) is 5.48 Å². The minimum Gasteiger partial charge on any atom is -0.508 e. The summed E-state index contributed by atoms with van der Waals surface area (Å²) in [5, 5.41) is 25.6. The first-order valence-electron chi connectivity index (χ1n) is 10.6. The van der Waals surface area contributed by atoms with Crippen LogP contribution < -0.4 is 27.2 Å². The highest BCUT2D eigenvalue weighted by Gasteiger charge is 2.24. The average molecular weight is 472 g/mol. The van der Waals surface area contributed by atoms with Crippen molar-refractivity contribution in [2.45, 2.75) is 44.4 Å². The van der Waals surface area contributed by atoms with E-state index in [9.17, 15) is 24.3 Å². The summed E-state index contributed by atoms with van der Waals surface area (Å²) in [6, 6.07) is 13.4. The van der Waals surface area contributed by atoms with E-state index in [0.717, 1.165) is 11.1 Å². The van der Waals surface area contributed by atoms with Crippen LogP contribution in [-0.4, -0.2) is 52.2 Å². The Kier molecular flexibility index (Phi) is 9.99. The standard InChI is InChI=1S/C23H29N5O6/c1-14(25-23(33)18(24)11-16-7-9-17(29)10-8-16)22(32)27-19(12-15-5-3-2-4-6-15)26-20(30)13-21(31)28-34/h2-10,14,18-19,29,34H,11-13,24H2,1H3,(H,25,33)(H,26,30)(H,27,32)(H,28,31)/t14-,18+,19+/m1/s1. The van der Waals surface area contributed by atoms with Gasteiger partial charge in [0.05, 0.1) is 6.04 Å². The molecule has 34 heavy (non-hydrogen) atoms. The van der Waals surface area contributed by atoms with Crippen LogP contribution in [0.5, 0.6) is 5.75 Å². The molecule has 2 rings (SSSR count). The zero-order valence-corrected chi connectivity index (χ0v) is 18.7. The lowest BCUT2D eigenvalue weighted by Gasteiger charge is -2.23. The number of amides is 4. The lowest BCUT2D eigenvalue weighted by Crippen LogP contribution is -2.56. The third-order valence-electron chi connectivity index (χ3n) is 4.86. The Morgan fingerprint density at radius 2 is 1.44 bits per heavy atom. The van der Waals surface area contributed by atoms with E-state index < -0.39 is 48.3 Å². The minimum atomic E-state index is -0.964. The van der Waals surface area contributed by atoms with Crippen LogP contribution in [0.3, 0.4) is 0 Å². The molecule has 0 fully saturated rings. The first-order valence-corrected chi connectivity index (χ1v) is 10.6. The summed E-state index contributed by atoms with van der Waals surface area (Å²) in [6.07, 6.45) is -1.07. The summed E-state index contributed by atoms with van der Waals surface area (Å²) < 4.78 is 0. The molecule has 182 valence electrons. The Bertz CT molecular complexity index is 983. The Labute approximate surface area is 196 Å². The Morgan fingerprint density at radius 1 is 0.824 bits per heavy atom. The van der Waals surface area contributed by atoms with Gasteiger partial charge in [-0.2, -0.15) is 0 Å². The molecule has 0 bridgehead atoms. The van der Waals surface area contributed by atoms with Crippen LogP contribution in [0, 0.1) is 0 Å². The van der Waals surface area contributed by atoms with E-state index in [1.165, 1.54) is 24.5 Å². The van der Waals surface area contributed by atoms with Gasteiger partial charge >= 0.3 is 0 Å². The van der Waals surface area contributed by atoms with Crippen molar-refractivity contribution in [3.8, 4) is 5.75 Å². The highest BCUT2D eigenvalue weighted by molar-refractivity contribution is 5.96. The monoisotopic (exact) mass is 471 g/mol. The highest BCUT2D eigenvalue weighted by Crippen LogP contribution is 2.11. The molecule has 0 aliphatic rings. The quantitative estimate of drug-likeness (QED) is 0.0994. The normalized spacial score (nSPS) is 13.1. The number of benzene rings is 2. The maximum atomic E-state index is 12.7. The van der Waals surface area contributed by atoms with E-state index in [-0.39, 0.29) is 18.6 Å². The number of hydrogen-bond donors (Lipinski definition) is 7. The van der Waals surface area contributed by atoms with Crippen molar-refractivity contribution >= 4 is 23.6 Å². The second kappa shape index (κ2) is 12.9. The van der Waals surface area contributed by atoms with Crippen LogP contribution in [0.25, 0.3) is 0 Å². The molecule has 3 atom stereocenters. The van der Waals surface area contributed by atoms with Crippen LogP contribution in [0.1, 0.15) is 24.5 Å². The Balaban J connectivity index is 1.96. The van der Waals surface area contributed by atoms with Gasteiger partial charge in [0.1, 0.15) is 24.4 Å². The van der Waals surface area contributed by atoms with Crippen molar-refractivity contribution in [3.63, 3.8) is 0 Å². The number of hydroxylamine groups is 1. The van der Waals surface area contributed by atoms with Gasteiger partial charge in [0.15, 0.2) is 0 Å². The van der Waals surface area contributed by atoms with E-state index in [1.54, 1.807) is 36.4 Å². The van der Waals surface area contributed by atoms with Crippen LogP contribution in [0.15, 0.2) is 54.6 Å². The average Bonchev–Trinajstić information content (AvgIpc) is 2.80. The predicted octanol–water partition coefficient (Wildman–Crippen LogP) is -0.537. The van der Waals surface area contributed by atoms with E-state index in [0.29, 0.717) is 0 Å². The zero-order chi connectivity index (χ0) is 25.1. The highest BCUT2D eigenvalue weighted by atomic mass is 16.5. The van der Waals surface area contributed by atoms with Gasteiger partial charge < -0.3 is 26.8 Å². The van der Waals surface area contributed by atoms with E-state index in [2.05, 4.69) is 16.0 Å². The van der Waals surface area contributed by atoms with Gasteiger partial charge in [-0.1, -0.05) is 42.5 Å². The van der Waals surface area contributed by atoms with Crippen LogP contribution in [0.4, 0.5) is 0 Å². The summed E-state index contributed by atoms with van der Waals surface area (Å²) >= 11 is 0. The van der Waals surface area contributed by atoms with Gasteiger partial charge in [-0.05, 0) is 36.6 Å². The Hall–Kier alpha value is -3.96. The molecule has 0 spiro atoms. The summed E-state index contributed by atoms with van der Waals surface area (Å²) in [5.41, 5.74) is 8.87. The molecule has 0 unspecified atom stereocenters. The number of carbonyl (C=O) groups excluding carboxylic acids is 4. The number of carbonyl (C=O) groups is 4. The molecule has 2 aromatic rings. The molecule has 0 aromatic heterocycles. The molecule has 0 heterocycles. The number of phenolic OH excluding ortho intramolecular Hbond substituents is 1. The number of rotatable bonds is 11. The minimum absolute atomic E-state index is 0.0983. The lowest BCUT2D eigenvalue weighted by molar-refractivity contribution is -0.135. The molecule has 0 saturated heterocycles. The molecular formula is C23H29N5O6. The molecule has 0 aliphatic heterocycles. The summed E-state index contributed by atoms with van der Waals surface area (Å²) in [4.78, 5) is 48.5. The lowest BCUT2D eigenvalue weighted by atomic mass is 10.1. The molecular weight excluding hydrogens is 442 g/mol. The van der Waals surface area contributed by atoms with Crippen molar-refractivity contribution in [1.29, 1.82) is 0 Å². The first-order chi connectivity index (χ1) is 16.2. The fourth-order valence-corrected chi connectivity index (χ4v) is 3.08. The molecule has 11 heteroatoms. The number of phenols is 1.